The summed E-state index contributed by atoms with van der Waals surface area (Å²) in [5, 5.41) is 3.33. The first-order chi connectivity index (χ1) is 8.34. The van der Waals surface area contributed by atoms with Crippen LogP contribution in [-0.4, -0.2) is 42.8 Å². The SMILES string of the molecule is Nc1nc2c(c(N3CCNCC3)n1)COCC2. The van der Waals surface area contributed by atoms with E-state index in [1.807, 2.05) is 0 Å². The van der Waals surface area contributed by atoms with E-state index in [0.717, 1.165) is 56.3 Å². The number of nitrogens with one attached hydrogen (secondary N) is 1. The highest BCUT2D eigenvalue weighted by atomic mass is 16.5. The van der Waals surface area contributed by atoms with Crippen LogP contribution in [0, 0.1) is 0 Å². The van der Waals surface area contributed by atoms with E-state index in [4.69, 9.17) is 10.5 Å². The van der Waals surface area contributed by atoms with Crippen molar-refractivity contribution in [2.45, 2.75) is 13.0 Å². The van der Waals surface area contributed by atoms with E-state index in [1.165, 1.54) is 0 Å². The number of nitrogens with two attached hydrogens (primary N) is 1. The molecule has 0 unspecified atom stereocenters. The molecule has 17 heavy (non-hydrogen) atoms. The van der Waals surface area contributed by atoms with Crippen molar-refractivity contribution >= 4 is 11.8 Å². The van der Waals surface area contributed by atoms with Gasteiger partial charge in [0.25, 0.3) is 0 Å². The molecule has 6 heteroatoms. The number of nitrogens with zero attached hydrogens (tertiary/aromatic N) is 3. The maximum Gasteiger partial charge on any atom is 0.222 e. The van der Waals surface area contributed by atoms with Gasteiger partial charge in [-0.3, -0.25) is 0 Å². The minimum atomic E-state index is 0.374. The van der Waals surface area contributed by atoms with Gasteiger partial charge >= 0.3 is 0 Å². The smallest absolute Gasteiger partial charge is 0.222 e. The third-order valence-corrected chi connectivity index (χ3v) is 3.23. The highest BCUT2D eigenvalue weighted by Crippen LogP contribution is 2.26. The molecule has 2 aliphatic heterocycles. The maximum atomic E-state index is 5.78. The molecule has 0 saturated carbocycles. The molecule has 3 N–H and O–H groups in total. The normalized spacial score (nSPS) is 20.1. The van der Waals surface area contributed by atoms with Crippen molar-refractivity contribution in [1.29, 1.82) is 0 Å². The number of rotatable bonds is 1. The number of piperazine rings is 1. The number of fused-ring (bicyclic) bond motifs is 1. The van der Waals surface area contributed by atoms with Gasteiger partial charge in [0.1, 0.15) is 5.82 Å². The van der Waals surface area contributed by atoms with Crippen molar-refractivity contribution in [3.05, 3.63) is 11.3 Å². The molecule has 1 fully saturated rings. The topological polar surface area (TPSA) is 76.3 Å². The van der Waals surface area contributed by atoms with Crippen LogP contribution in [0.25, 0.3) is 0 Å². The third-order valence-electron chi connectivity index (χ3n) is 3.23. The molecular weight excluding hydrogens is 218 g/mol. The van der Waals surface area contributed by atoms with Crippen LogP contribution in [0.5, 0.6) is 0 Å². The fourth-order valence-corrected chi connectivity index (χ4v) is 2.37. The third kappa shape index (κ3) is 2.05. The molecule has 0 bridgehead atoms. The Morgan fingerprint density at radius 1 is 1.24 bits per heavy atom. The lowest BCUT2D eigenvalue weighted by molar-refractivity contribution is 0.109. The Morgan fingerprint density at radius 2 is 2.06 bits per heavy atom. The molecule has 0 amide bonds. The average molecular weight is 235 g/mol. The first-order valence-corrected chi connectivity index (χ1v) is 6.03. The maximum absolute atomic E-state index is 5.78. The minimum Gasteiger partial charge on any atom is -0.376 e. The lowest BCUT2D eigenvalue weighted by Gasteiger charge is -2.31. The Balaban J connectivity index is 1.98. The predicted molar refractivity (Wildman–Crippen MR) is 64.9 cm³/mol. The van der Waals surface area contributed by atoms with Crippen molar-refractivity contribution in [1.82, 2.24) is 15.3 Å². The summed E-state index contributed by atoms with van der Waals surface area (Å²) >= 11 is 0. The van der Waals surface area contributed by atoms with Gasteiger partial charge in [-0.25, -0.2) is 4.98 Å². The molecule has 0 spiro atoms. The zero-order chi connectivity index (χ0) is 11.7. The molecule has 6 nitrogen and oxygen atoms in total. The standard InChI is InChI=1S/C11H17N5O/c12-11-14-9-1-6-17-7-8(9)10(15-11)16-4-2-13-3-5-16/h13H,1-7H2,(H2,12,14,15). The quantitative estimate of drug-likeness (QED) is 0.686. The summed E-state index contributed by atoms with van der Waals surface area (Å²) in [4.78, 5) is 11.0. The Bertz CT molecular complexity index is 417. The fourth-order valence-electron chi connectivity index (χ4n) is 2.37. The van der Waals surface area contributed by atoms with Crippen LogP contribution in [0.2, 0.25) is 0 Å². The van der Waals surface area contributed by atoms with Crippen molar-refractivity contribution in [3.8, 4) is 0 Å². The van der Waals surface area contributed by atoms with Crippen LogP contribution in [0.3, 0.4) is 0 Å². The highest BCUT2D eigenvalue weighted by molar-refractivity contribution is 5.52. The largest absolute Gasteiger partial charge is 0.376 e. The number of aromatic nitrogens is 2. The number of anilines is 2. The summed E-state index contributed by atoms with van der Waals surface area (Å²) in [6, 6.07) is 0. The Kier molecular flexibility index (Phi) is 2.82. The molecule has 0 atom stereocenters. The van der Waals surface area contributed by atoms with E-state index in [9.17, 15) is 0 Å². The van der Waals surface area contributed by atoms with E-state index in [1.54, 1.807) is 0 Å². The molecule has 0 radical (unpaired) electrons. The molecule has 3 rings (SSSR count). The monoisotopic (exact) mass is 235 g/mol. The minimum absolute atomic E-state index is 0.374. The van der Waals surface area contributed by atoms with Crippen molar-refractivity contribution in [2.24, 2.45) is 0 Å². The van der Waals surface area contributed by atoms with Crippen LogP contribution in [-0.2, 0) is 17.8 Å². The number of hydrogen-bond donors (Lipinski definition) is 2. The number of hydrogen-bond acceptors (Lipinski definition) is 6. The van der Waals surface area contributed by atoms with E-state index in [2.05, 4.69) is 20.2 Å². The Labute approximate surface area is 100 Å². The Hall–Kier alpha value is -1.40. The summed E-state index contributed by atoms with van der Waals surface area (Å²) in [5.74, 6) is 1.34. The molecule has 1 aromatic rings. The molecule has 1 saturated heterocycles. The second-order valence-electron chi connectivity index (χ2n) is 4.37. The zero-order valence-corrected chi connectivity index (χ0v) is 9.78. The number of nitrogen functional groups attached to an aromatic ring is 1. The summed E-state index contributed by atoms with van der Waals surface area (Å²) in [6.45, 7) is 5.23. The van der Waals surface area contributed by atoms with Crippen LogP contribution >= 0.6 is 0 Å². The van der Waals surface area contributed by atoms with E-state index >= 15 is 0 Å². The van der Waals surface area contributed by atoms with E-state index in [0.29, 0.717) is 12.6 Å². The fraction of sp³-hybridized carbons (Fsp3) is 0.636. The van der Waals surface area contributed by atoms with E-state index < -0.39 is 0 Å². The highest BCUT2D eigenvalue weighted by Gasteiger charge is 2.22. The summed E-state index contributed by atoms with van der Waals surface area (Å²) < 4.78 is 5.50. The Morgan fingerprint density at radius 3 is 2.88 bits per heavy atom. The van der Waals surface area contributed by atoms with Crippen LogP contribution in [0.1, 0.15) is 11.3 Å². The lowest BCUT2D eigenvalue weighted by Crippen LogP contribution is -2.44. The van der Waals surface area contributed by atoms with E-state index in [-0.39, 0.29) is 0 Å². The van der Waals surface area contributed by atoms with Crippen LogP contribution < -0.4 is 16.0 Å². The van der Waals surface area contributed by atoms with Gasteiger partial charge in [-0.15, -0.1) is 0 Å². The van der Waals surface area contributed by atoms with Crippen LogP contribution in [0.15, 0.2) is 0 Å². The molecule has 92 valence electrons. The van der Waals surface area contributed by atoms with Gasteiger partial charge in [-0.2, -0.15) is 4.98 Å². The summed E-state index contributed by atoms with van der Waals surface area (Å²) in [7, 11) is 0. The molecule has 3 heterocycles. The van der Waals surface area contributed by atoms with Gasteiger partial charge in [0.15, 0.2) is 0 Å². The zero-order valence-electron chi connectivity index (χ0n) is 9.78. The second kappa shape index (κ2) is 4.46. The molecule has 0 aromatic carbocycles. The van der Waals surface area contributed by atoms with Crippen molar-refractivity contribution in [2.75, 3.05) is 43.4 Å². The van der Waals surface area contributed by atoms with Gasteiger partial charge in [-0.1, -0.05) is 0 Å². The van der Waals surface area contributed by atoms with Gasteiger partial charge in [-0.05, 0) is 0 Å². The molecule has 1 aromatic heterocycles. The van der Waals surface area contributed by atoms with Crippen molar-refractivity contribution in [3.63, 3.8) is 0 Å². The predicted octanol–water partition coefficient (Wildman–Crippen LogP) is -0.459. The first-order valence-electron chi connectivity index (χ1n) is 6.03. The molecule has 2 aliphatic rings. The second-order valence-corrected chi connectivity index (χ2v) is 4.37. The van der Waals surface area contributed by atoms with Crippen LogP contribution in [0.4, 0.5) is 11.8 Å². The van der Waals surface area contributed by atoms with Gasteiger partial charge in [0.2, 0.25) is 5.95 Å². The first kappa shape index (κ1) is 10.7. The average Bonchev–Trinajstić information content (AvgIpc) is 2.39. The van der Waals surface area contributed by atoms with Gasteiger partial charge in [0, 0.05) is 38.2 Å². The number of ether oxygens (including phenoxy) is 1. The summed E-state index contributed by atoms with van der Waals surface area (Å²) in [6.07, 6.45) is 0.834. The van der Waals surface area contributed by atoms with Gasteiger partial charge in [0.05, 0.1) is 18.9 Å². The summed E-state index contributed by atoms with van der Waals surface area (Å²) in [5.41, 5.74) is 7.95. The molecule has 0 aliphatic carbocycles. The van der Waals surface area contributed by atoms with Crippen molar-refractivity contribution < 1.29 is 4.74 Å². The molecular formula is C11H17N5O. The van der Waals surface area contributed by atoms with Gasteiger partial charge < -0.3 is 20.7 Å². The lowest BCUT2D eigenvalue weighted by atomic mass is 10.1.